The van der Waals surface area contributed by atoms with Crippen LogP contribution in [0.1, 0.15) is 0 Å². The Morgan fingerprint density at radius 1 is 0.812 bits per heavy atom. The van der Waals surface area contributed by atoms with E-state index in [4.69, 9.17) is 46.7 Å². The van der Waals surface area contributed by atoms with Gasteiger partial charge in [0.25, 0.3) is 5.09 Å². The van der Waals surface area contributed by atoms with Crippen molar-refractivity contribution < 1.29 is 170 Å². The maximum absolute atomic E-state index is 8.58. The molecule has 16 heteroatoms. The molecule has 0 saturated heterocycles. The summed E-state index contributed by atoms with van der Waals surface area (Å²) in [5, 5.41) is 13.6. The van der Waals surface area contributed by atoms with Crippen LogP contribution in [-0.2, 0) is 48.9 Å². The van der Waals surface area contributed by atoms with E-state index in [1.807, 2.05) is 0 Å². The summed E-state index contributed by atoms with van der Waals surface area (Å²) >= 11 is -11.2. The molecule has 0 heterocycles. The quantitative estimate of drug-likeness (QED) is 0.237. The average molecular weight is 379 g/mol. The molecule has 0 rings (SSSR count). The molecule has 0 radical (unpaired) electrons. The standard InChI is InChI=1S/2K.2Mn.HNO3.8O/c;;;;2-1(3)4;;;;;;;;/h;;;;(H,2,3,4);;;;;;;;/q2*+1;;;;;;;;;;2*-1. The van der Waals surface area contributed by atoms with Gasteiger partial charge in [0, 0.05) is 0 Å². The molecule has 0 aliphatic rings. The second kappa shape index (κ2) is 15.3. The molecular formula is HK2Mn2NO11. The summed E-state index contributed by atoms with van der Waals surface area (Å²) in [6, 6.07) is 0. The van der Waals surface area contributed by atoms with Gasteiger partial charge in [-0.05, 0) is 0 Å². The predicted molar refractivity (Wildman–Crippen MR) is 12.9 cm³/mol. The van der Waals surface area contributed by atoms with Crippen LogP contribution in [0.25, 0.3) is 0 Å². The Labute approximate surface area is 176 Å². The summed E-state index contributed by atoms with van der Waals surface area (Å²) in [4.78, 5) is 8.36. The van der Waals surface area contributed by atoms with Crippen molar-refractivity contribution in [2.75, 3.05) is 0 Å². The molecule has 16 heavy (non-hydrogen) atoms. The first-order chi connectivity index (χ1) is 5.73. The van der Waals surface area contributed by atoms with E-state index in [9.17, 15) is 0 Å². The summed E-state index contributed by atoms with van der Waals surface area (Å²) in [5.74, 6) is 0. The first kappa shape index (κ1) is 30.9. The molecule has 0 fully saturated rings. The Bertz CT molecular complexity index is 382. The Morgan fingerprint density at radius 3 is 0.812 bits per heavy atom. The van der Waals surface area contributed by atoms with Crippen LogP contribution in [0.2, 0.25) is 0 Å². The van der Waals surface area contributed by atoms with Gasteiger partial charge in [-0.3, -0.25) is 0 Å². The third-order valence-electron chi connectivity index (χ3n) is 0. The van der Waals surface area contributed by atoms with Crippen LogP contribution in [-0.4, -0.2) is 10.3 Å². The summed E-state index contributed by atoms with van der Waals surface area (Å²) in [6.07, 6.45) is 0. The Hall–Kier alpha value is 2.23. The molecule has 88 valence electrons. The Morgan fingerprint density at radius 2 is 0.812 bits per heavy atom. The molecule has 0 unspecified atom stereocenters. The van der Waals surface area contributed by atoms with Gasteiger partial charge in [0.1, 0.15) is 0 Å². The van der Waals surface area contributed by atoms with Crippen LogP contribution < -0.4 is 111 Å². The molecule has 1 N–H and O–H groups in total. The van der Waals surface area contributed by atoms with E-state index >= 15 is 0 Å². The molecule has 0 saturated carbocycles. The molecule has 0 spiro atoms. The maximum atomic E-state index is 8.58. The van der Waals surface area contributed by atoms with Crippen molar-refractivity contribution in [1.82, 2.24) is 0 Å². The Kier molecular flexibility index (Phi) is 29.5. The minimum absolute atomic E-state index is 0. The van der Waals surface area contributed by atoms with Crippen LogP contribution in [0.5, 0.6) is 0 Å². The average Bonchev–Trinajstić information content (AvgIpc) is 1.45. The molecule has 0 aliphatic carbocycles. The van der Waals surface area contributed by atoms with Crippen molar-refractivity contribution in [3.8, 4) is 0 Å². The summed E-state index contributed by atoms with van der Waals surface area (Å²) in [5.41, 5.74) is 0. The van der Waals surface area contributed by atoms with Crippen molar-refractivity contribution in [2.45, 2.75) is 0 Å². The fourth-order valence-electron chi connectivity index (χ4n) is 0. The van der Waals surface area contributed by atoms with Gasteiger partial charge in [-0.2, -0.15) is 0 Å². The number of nitrogens with zero attached hydrogens (tertiary/aromatic N) is 1. The minimum atomic E-state index is -5.62. The van der Waals surface area contributed by atoms with Crippen LogP contribution in [0.3, 0.4) is 0 Å². The topological polar surface area (TPSA) is 212 Å². The fraction of sp³-hybridized carbons (Fsp3) is 0. The van der Waals surface area contributed by atoms with E-state index in [-0.39, 0.29) is 103 Å². The summed E-state index contributed by atoms with van der Waals surface area (Å²) in [6.45, 7) is 0. The van der Waals surface area contributed by atoms with Crippen molar-refractivity contribution in [3.05, 3.63) is 10.1 Å². The van der Waals surface area contributed by atoms with Crippen LogP contribution in [0.4, 0.5) is 0 Å². The SMILES string of the molecule is O=[N+]([O-])O.[K+].[K+].[O]=[Mn](=[O])(=[O])[O-].[O]=[Mn](=[O])(=[O])[O-]. The van der Waals surface area contributed by atoms with Gasteiger partial charge in [0.2, 0.25) is 0 Å². The first-order valence-electron chi connectivity index (χ1n) is 1.80. The van der Waals surface area contributed by atoms with Crippen LogP contribution >= 0.6 is 0 Å². The molecule has 0 aromatic heterocycles. The molecule has 0 aromatic rings. The number of rotatable bonds is 0. The molecule has 0 amide bonds. The Balaban J connectivity index is -0.0000000358. The zero-order valence-corrected chi connectivity index (χ0v) is 16.3. The normalized spacial score (nSPS) is 8.62. The van der Waals surface area contributed by atoms with Gasteiger partial charge in [-0.25, -0.2) is 0 Å². The summed E-state index contributed by atoms with van der Waals surface area (Å²) < 4.78 is 68.6. The summed E-state index contributed by atoms with van der Waals surface area (Å²) in [7, 11) is 0. The van der Waals surface area contributed by atoms with Gasteiger partial charge in [-0.15, -0.1) is 10.1 Å². The van der Waals surface area contributed by atoms with Crippen LogP contribution in [0, 0.1) is 10.1 Å². The second-order valence-electron chi connectivity index (χ2n) is 0.994. The van der Waals surface area contributed by atoms with Gasteiger partial charge in [0.15, 0.2) is 0 Å². The van der Waals surface area contributed by atoms with Gasteiger partial charge < -0.3 is 5.21 Å². The van der Waals surface area contributed by atoms with E-state index in [2.05, 4.69) is 0 Å². The zero-order valence-electron chi connectivity index (χ0n) is 7.73. The molecule has 0 atom stereocenters. The molecule has 12 nitrogen and oxygen atoms in total. The van der Waals surface area contributed by atoms with E-state index in [1.54, 1.807) is 0 Å². The first-order valence-corrected chi connectivity index (χ1v) is 5.65. The number of hydrogen-bond acceptors (Lipinski definition) is 10. The number of hydrogen-bond donors (Lipinski definition) is 1. The third kappa shape index (κ3) is 756. The van der Waals surface area contributed by atoms with E-state index < -0.39 is 31.0 Å². The van der Waals surface area contributed by atoms with Gasteiger partial charge >= 0.3 is 160 Å². The van der Waals surface area contributed by atoms with Gasteiger partial charge in [0.05, 0.1) is 0 Å². The van der Waals surface area contributed by atoms with Crippen molar-refractivity contribution in [2.24, 2.45) is 0 Å². The zero-order chi connectivity index (χ0) is 12.6. The van der Waals surface area contributed by atoms with E-state index in [1.165, 1.54) is 0 Å². The second-order valence-corrected chi connectivity index (χ2v) is 3.35. The van der Waals surface area contributed by atoms with Crippen LogP contribution in [0.15, 0.2) is 0 Å². The fourth-order valence-corrected chi connectivity index (χ4v) is 0. The molecular weight excluding hydrogens is 378 g/mol. The van der Waals surface area contributed by atoms with Crippen molar-refractivity contribution >= 4 is 0 Å². The molecule has 0 bridgehead atoms. The van der Waals surface area contributed by atoms with E-state index in [0.717, 1.165) is 0 Å². The van der Waals surface area contributed by atoms with Gasteiger partial charge in [-0.1, -0.05) is 0 Å². The monoisotopic (exact) mass is 379 g/mol. The van der Waals surface area contributed by atoms with Crippen molar-refractivity contribution in [3.63, 3.8) is 0 Å². The van der Waals surface area contributed by atoms with Crippen molar-refractivity contribution in [1.29, 1.82) is 0 Å². The molecule has 0 aliphatic heterocycles. The molecule has 0 aromatic carbocycles. The van der Waals surface area contributed by atoms with E-state index in [0.29, 0.717) is 0 Å². The predicted octanol–water partition coefficient (Wildman–Crippen LogP) is -9.44. The third-order valence-corrected chi connectivity index (χ3v) is 0.